The van der Waals surface area contributed by atoms with Crippen LogP contribution in [0.5, 0.6) is 0 Å². The van der Waals surface area contributed by atoms with Gasteiger partial charge in [-0.05, 0) is 44.9 Å². The summed E-state index contributed by atoms with van der Waals surface area (Å²) in [5.74, 6) is -0.419. The predicted octanol–water partition coefficient (Wildman–Crippen LogP) is 1.85. The summed E-state index contributed by atoms with van der Waals surface area (Å²) >= 11 is 0. The van der Waals surface area contributed by atoms with Gasteiger partial charge >= 0.3 is 6.09 Å². The zero-order chi connectivity index (χ0) is 20.7. The Kier molecular flexibility index (Phi) is 7.24. The van der Waals surface area contributed by atoms with Gasteiger partial charge in [0.2, 0.25) is 0 Å². The first-order valence-electron chi connectivity index (χ1n) is 9.32. The maximum atomic E-state index is 12.6. The number of carbonyl (C=O) groups excluding carboxylic acids is 2. The molecule has 0 unspecified atom stereocenters. The third-order valence-corrected chi connectivity index (χ3v) is 4.11. The molecule has 1 fully saturated rings. The highest BCUT2D eigenvalue weighted by atomic mass is 16.6. The van der Waals surface area contributed by atoms with Gasteiger partial charge in [0.1, 0.15) is 11.6 Å². The van der Waals surface area contributed by atoms with Gasteiger partial charge in [-0.3, -0.25) is 4.79 Å². The zero-order valence-corrected chi connectivity index (χ0v) is 16.6. The summed E-state index contributed by atoms with van der Waals surface area (Å²) in [6, 6.07) is 8.51. The fourth-order valence-electron chi connectivity index (χ4n) is 2.76. The Bertz CT molecular complexity index is 721. The molecule has 1 aliphatic heterocycles. The molecule has 0 saturated carbocycles. The van der Waals surface area contributed by atoms with E-state index in [1.807, 2.05) is 12.1 Å². The summed E-state index contributed by atoms with van der Waals surface area (Å²) in [4.78, 5) is 26.4. The van der Waals surface area contributed by atoms with Gasteiger partial charge in [-0.1, -0.05) is 12.1 Å². The molecule has 1 heterocycles. The van der Waals surface area contributed by atoms with E-state index in [1.54, 1.807) is 32.9 Å². The Hall–Kier alpha value is -2.79. The lowest BCUT2D eigenvalue weighted by atomic mass is 10.1. The molecule has 0 aliphatic carbocycles. The molecule has 28 heavy (non-hydrogen) atoms. The largest absolute Gasteiger partial charge is 0.444 e. The van der Waals surface area contributed by atoms with Gasteiger partial charge in [0.05, 0.1) is 12.6 Å². The Morgan fingerprint density at radius 1 is 1.39 bits per heavy atom. The van der Waals surface area contributed by atoms with Crippen molar-refractivity contribution in [3.8, 4) is 6.07 Å². The highest BCUT2D eigenvalue weighted by Gasteiger charge is 2.31. The van der Waals surface area contributed by atoms with Crippen LogP contribution in [-0.2, 0) is 20.7 Å². The summed E-state index contributed by atoms with van der Waals surface area (Å²) < 4.78 is 11.0. The average Bonchev–Trinajstić information content (AvgIpc) is 2.88. The Labute approximate surface area is 165 Å². The van der Waals surface area contributed by atoms with E-state index in [2.05, 4.69) is 11.4 Å². The van der Waals surface area contributed by atoms with E-state index in [0.717, 1.165) is 5.56 Å². The molecule has 1 aromatic carbocycles. The molecule has 2 atom stereocenters. The van der Waals surface area contributed by atoms with Gasteiger partial charge in [-0.15, -0.1) is 0 Å². The van der Waals surface area contributed by atoms with E-state index in [1.165, 1.54) is 4.90 Å². The average molecular weight is 388 g/mol. The number of nitriles is 1. The van der Waals surface area contributed by atoms with E-state index >= 15 is 0 Å². The Morgan fingerprint density at radius 3 is 2.68 bits per heavy atom. The van der Waals surface area contributed by atoms with Crippen LogP contribution >= 0.6 is 0 Å². The minimum atomic E-state index is -0.850. The van der Waals surface area contributed by atoms with Crippen LogP contribution in [0.25, 0.3) is 0 Å². The number of nitrogens with zero attached hydrogens (tertiary/aromatic N) is 2. The minimum Gasteiger partial charge on any atom is -0.444 e. The van der Waals surface area contributed by atoms with Crippen LogP contribution in [0.1, 0.15) is 32.8 Å². The van der Waals surface area contributed by atoms with E-state index in [9.17, 15) is 14.9 Å². The van der Waals surface area contributed by atoms with Crippen LogP contribution in [0, 0.1) is 11.3 Å². The number of hydrogen-bond donors (Lipinski definition) is 2. The van der Waals surface area contributed by atoms with Gasteiger partial charge in [-0.2, -0.15) is 5.26 Å². The van der Waals surface area contributed by atoms with Crippen LogP contribution in [0.4, 0.5) is 10.5 Å². The number of nitrogen functional groups attached to an aromatic ring is 1. The van der Waals surface area contributed by atoms with E-state index in [4.69, 9.17) is 15.2 Å². The highest BCUT2D eigenvalue weighted by Crippen LogP contribution is 2.14. The van der Waals surface area contributed by atoms with Crippen molar-refractivity contribution >= 4 is 17.7 Å². The first kappa shape index (κ1) is 21.5. The number of nitrogens with one attached hydrogen (secondary N) is 1. The third kappa shape index (κ3) is 6.74. The molecular formula is C20H28N4O4. The molecule has 0 radical (unpaired) electrons. The van der Waals surface area contributed by atoms with Crippen molar-refractivity contribution in [1.82, 2.24) is 10.2 Å². The van der Waals surface area contributed by atoms with Gasteiger partial charge in [0.15, 0.2) is 6.10 Å². The maximum absolute atomic E-state index is 12.6. The van der Waals surface area contributed by atoms with E-state index in [0.29, 0.717) is 31.7 Å². The van der Waals surface area contributed by atoms with Gasteiger partial charge in [0.25, 0.3) is 5.91 Å². The van der Waals surface area contributed by atoms with Crippen LogP contribution in [0.15, 0.2) is 24.3 Å². The monoisotopic (exact) mass is 388 g/mol. The Balaban J connectivity index is 1.97. The normalized spacial score (nSPS) is 18.5. The summed E-state index contributed by atoms with van der Waals surface area (Å²) in [5.41, 5.74) is 6.57. The lowest BCUT2D eigenvalue weighted by molar-refractivity contribution is -0.133. The lowest BCUT2D eigenvalue weighted by Crippen LogP contribution is -2.48. The molecule has 8 heteroatoms. The second kappa shape index (κ2) is 9.42. The molecular weight excluding hydrogens is 360 g/mol. The molecule has 0 spiro atoms. The quantitative estimate of drug-likeness (QED) is 0.760. The van der Waals surface area contributed by atoms with Crippen molar-refractivity contribution in [3.05, 3.63) is 29.8 Å². The van der Waals surface area contributed by atoms with Crippen molar-refractivity contribution in [3.63, 3.8) is 0 Å². The number of hydrogen-bond acceptors (Lipinski definition) is 6. The molecule has 1 saturated heterocycles. The van der Waals surface area contributed by atoms with Gasteiger partial charge in [0, 0.05) is 25.3 Å². The second-order valence-corrected chi connectivity index (χ2v) is 7.78. The maximum Gasteiger partial charge on any atom is 0.410 e. The van der Waals surface area contributed by atoms with E-state index < -0.39 is 29.7 Å². The first-order valence-corrected chi connectivity index (χ1v) is 9.32. The van der Waals surface area contributed by atoms with Crippen LogP contribution in [0.2, 0.25) is 0 Å². The van der Waals surface area contributed by atoms with E-state index in [-0.39, 0.29) is 6.54 Å². The molecule has 2 amide bonds. The lowest BCUT2D eigenvalue weighted by Gasteiger charge is -2.27. The Morgan fingerprint density at radius 2 is 2.07 bits per heavy atom. The second-order valence-electron chi connectivity index (χ2n) is 7.78. The van der Waals surface area contributed by atoms with Crippen molar-refractivity contribution in [2.24, 2.45) is 0 Å². The molecule has 3 N–H and O–H groups in total. The fourth-order valence-corrected chi connectivity index (χ4v) is 2.76. The molecule has 8 nitrogen and oxygen atoms in total. The number of amides is 2. The van der Waals surface area contributed by atoms with Crippen molar-refractivity contribution in [2.75, 3.05) is 25.4 Å². The summed E-state index contributed by atoms with van der Waals surface area (Å²) in [6.07, 6.45) is -0.368. The number of nitrogens with two attached hydrogens (primary N) is 1. The molecule has 1 aliphatic rings. The van der Waals surface area contributed by atoms with Crippen molar-refractivity contribution < 1.29 is 19.1 Å². The predicted molar refractivity (Wildman–Crippen MR) is 104 cm³/mol. The van der Waals surface area contributed by atoms with Crippen LogP contribution in [-0.4, -0.2) is 54.3 Å². The first-order chi connectivity index (χ1) is 13.2. The summed E-state index contributed by atoms with van der Waals surface area (Å²) in [6.45, 7) is 6.26. The number of benzene rings is 1. The van der Waals surface area contributed by atoms with Crippen LogP contribution < -0.4 is 11.1 Å². The number of anilines is 1. The molecule has 1 aromatic rings. The third-order valence-electron chi connectivity index (χ3n) is 4.11. The fraction of sp³-hybridized carbons (Fsp3) is 0.550. The van der Waals surface area contributed by atoms with Crippen molar-refractivity contribution in [2.45, 2.75) is 51.4 Å². The SMILES string of the molecule is CC(C)(C)OC(=O)N1CCCO[C@H](C(=O)N[C@H](C#N)Cc2ccc(N)cc2)C1. The van der Waals surface area contributed by atoms with Gasteiger partial charge in [-0.25, -0.2) is 4.79 Å². The van der Waals surface area contributed by atoms with Gasteiger partial charge < -0.3 is 25.4 Å². The number of ether oxygens (including phenoxy) is 2. The number of rotatable bonds is 4. The molecule has 0 bridgehead atoms. The molecule has 2 rings (SSSR count). The van der Waals surface area contributed by atoms with Crippen LogP contribution in [0.3, 0.4) is 0 Å². The standard InChI is InChI=1S/C20H28N4O4/c1-20(2,3)28-19(26)24-9-4-10-27-17(13-24)18(25)23-16(12-21)11-14-5-7-15(22)8-6-14/h5-8,16-17H,4,9-11,13,22H2,1-3H3,(H,23,25)/t16-,17-/m0/s1. The molecule has 152 valence electrons. The van der Waals surface area contributed by atoms with Crippen molar-refractivity contribution in [1.29, 1.82) is 5.26 Å². The summed E-state index contributed by atoms with van der Waals surface area (Å²) in [5, 5.41) is 12.1. The topological polar surface area (TPSA) is 118 Å². The summed E-state index contributed by atoms with van der Waals surface area (Å²) in [7, 11) is 0. The molecule has 0 aromatic heterocycles. The highest BCUT2D eigenvalue weighted by molar-refractivity contribution is 5.82. The minimum absolute atomic E-state index is 0.0841. The zero-order valence-electron chi connectivity index (χ0n) is 16.6. The number of carbonyl (C=O) groups is 2. The smallest absolute Gasteiger partial charge is 0.410 e.